The van der Waals surface area contributed by atoms with E-state index in [1.807, 2.05) is 16.8 Å². The number of nitrogens with one attached hydrogen (secondary N) is 1. The van der Waals surface area contributed by atoms with Crippen molar-refractivity contribution in [2.24, 2.45) is 0 Å². The number of benzene rings is 1. The van der Waals surface area contributed by atoms with Gasteiger partial charge in [0, 0.05) is 6.54 Å². The zero-order valence-electron chi connectivity index (χ0n) is 10.9. The molecule has 1 atom stereocenters. The average molecular weight is 343 g/mol. The minimum absolute atomic E-state index is 0.121. The summed E-state index contributed by atoms with van der Waals surface area (Å²) in [7, 11) is -7.27. The van der Waals surface area contributed by atoms with Gasteiger partial charge in [0.05, 0.1) is 10.6 Å². The minimum atomic E-state index is -3.75. The van der Waals surface area contributed by atoms with Gasteiger partial charge in [0.25, 0.3) is 0 Å². The molecule has 0 spiro atoms. The molecule has 0 radical (unpaired) electrons. The van der Waals surface area contributed by atoms with E-state index in [1.165, 1.54) is 17.4 Å². The van der Waals surface area contributed by atoms with Gasteiger partial charge in [-0.1, -0.05) is 18.2 Å². The molecule has 1 aliphatic heterocycles. The number of hydrogen-bond donors (Lipinski definition) is 1. The van der Waals surface area contributed by atoms with E-state index >= 15 is 0 Å². The second kappa shape index (κ2) is 5.20. The molecule has 0 fully saturated rings. The topological polar surface area (TPSA) is 80.3 Å². The Morgan fingerprint density at radius 1 is 1.24 bits per heavy atom. The highest BCUT2D eigenvalue weighted by molar-refractivity contribution is 7.95. The fourth-order valence-electron chi connectivity index (χ4n) is 2.34. The number of hydrogen-bond acceptors (Lipinski definition) is 5. The fourth-order valence-corrected chi connectivity index (χ4v) is 7.06. The molecule has 21 heavy (non-hydrogen) atoms. The van der Waals surface area contributed by atoms with Crippen molar-refractivity contribution in [1.29, 1.82) is 0 Å². The highest BCUT2D eigenvalue weighted by atomic mass is 32.2. The van der Waals surface area contributed by atoms with Crippen LogP contribution in [0.25, 0.3) is 0 Å². The Bertz CT molecular complexity index is 855. The molecule has 1 aromatic carbocycles. The molecule has 0 amide bonds. The fraction of sp³-hybridized carbons (Fsp3) is 0.231. The van der Waals surface area contributed by atoms with Crippen molar-refractivity contribution in [3.8, 4) is 0 Å². The van der Waals surface area contributed by atoms with Crippen LogP contribution in [-0.4, -0.2) is 22.6 Å². The van der Waals surface area contributed by atoms with Crippen LogP contribution in [0.5, 0.6) is 0 Å². The molecular weight excluding hydrogens is 330 g/mol. The Morgan fingerprint density at radius 2 is 2.00 bits per heavy atom. The van der Waals surface area contributed by atoms with Crippen LogP contribution in [0.15, 0.2) is 46.0 Å². The van der Waals surface area contributed by atoms with E-state index in [-0.39, 0.29) is 11.4 Å². The molecule has 5 nitrogen and oxygen atoms in total. The predicted octanol–water partition coefficient (Wildman–Crippen LogP) is 1.70. The van der Waals surface area contributed by atoms with E-state index in [4.69, 9.17) is 0 Å². The Morgan fingerprint density at radius 3 is 2.71 bits per heavy atom. The first-order valence-electron chi connectivity index (χ1n) is 6.21. The van der Waals surface area contributed by atoms with Crippen molar-refractivity contribution in [3.05, 3.63) is 52.2 Å². The van der Waals surface area contributed by atoms with Crippen LogP contribution in [0.1, 0.15) is 16.4 Å². The summed E-state index contributed by atoms with van der Waals surface area (Å²) in [6.45, 7) is 0.171. The van der Waals surface area contributed by atoms with Crippen LogP contribution >= 0.6 is 11.3 Å². The van der Waals surface area contributed by atoms with Crippen LogP contribution in [-0.2, 0) is 26.4 Å². The lowest BCUT2D eigenvalue weighted by atomic mass is 10.2. The molecule has 0 saturated carbocycles. The maximum Gasteiger partial charge on any atom is 0.220 e. The van der Waals surface area contributed by atoms with E-state index in [0.717, 1.165) is 5.56 Å². The standard InChI is InChI=1S/C13H13NO4S3/c15-20(16)9-13(11-3-1-2-4-12(11)20)21(17,18)14-7-10-5-6-19-8-10/h1-6,8,13-14H,7,9H2/t13-/m1/s1. The molecule has 2 heterocycles. The summed E-state index contributed by atoms with van der Waals surface area (Å²) in [5.74, 6) is -0.398. The molecule has 1 aliphatic rings. The van der Waals surface area contributed by atoms with Gasteiger partial charge < -0.3 is 0 Å². The average Bonchev–Trinajstić information content (AvgIpc) is 3.04. The van der Waals surface area contributed by atoms with Crippen LogP contribution in [0.2, 0.25) is 0 Å². The lowest BCUT2D eigenvalue weighted by molar-refractivity contribution is 0.569. The van der Waals surface area contributed by atoms with Gasteiger partial charge in [-0.2, -0.15) is 11.3 Å². The van der Waals surface area contributed by atoms with Crippen molar-refractivity contribution in [2.75, 3.05) is 5.75 Å². The quantitative estimate of drug-likeness (QED) is 0.916. The largest absolute Gasteiger partial charge is 0.224 e. The maximum absolute atomic E-state index is 12.4. The third-order valence-corrected chi connectivity index (χ3v) is 7.88. The van der Waals surface area contributed by atoms with Crippen molar-refractivity contribution in [3.63, 3.8) is 0 Å². The van der Waals surface area contributed by atoms with Gasteiger partial charge in [-0.25, -0.2) is 21.6 Å². The van der Waals surface area contributed by atoms with Gasteiger partial charge in [-0.15, -0.1) is 0 Å². The first-order chi connectivity index (χ1) is 9.90. The van der Waals surface area contributed by atoms with Gasteiger partial charge >= 0.3 is 0 Å². The smallest absolute Gasteiger partial charge is 0.220 e. The second-order valence-electron chi connectivity index (χ2n) is 4.81. The Hall–Kier alpha value is -1.22. The van der Waals surface area contributed by atoms with Crippen molar-refractivity contribution in [2.45, 2.75) is 16.7 Å². The zero-order chi connectivity index (χ0) is 15.1. The van der Waals surface area contributed by atoms with Gasteiger partial charge in [-0.3, -0.25) is 0 Å². The lowest BCUT2D eigenvalue weighted by Gasteiger charge is -2.12. The molecule has 8 heteroatoms. The molecule has 3 rings (SSSR count). The lowest BCUT2D eigenvalue weighted by Crippen LogP contribution is -2.29. The number of fused-ring (bicyclic) bond motifs is 1. The second-order valence-corrected chi connectivity index (χ2v) is 9.54. The number of rotatable bonds is 4. The van der Waals surface area contributed by atoms with E-state index in [0.29, 0.717) is 5.56 Å². The van der Waals surface area contributed by atoms with E-state index in [9.17, 15) is 16.8 Å². The molecule has 0 aliphatic carbocycles. The van der Waals surface area contributed by atoms with Gasteiger partial charge in [0.15, 0.2) is 9.84 Å². The van der Waals surface area contributed by atoms with Crippen LogP contribution in [0.3, 0.4) is 0 Å². The first kappa shape index (κ1) is 14.7. The van der Waals surface area contributed by atoms with Gasteiger partial charge in [-0.05, 0) is 34.0 Å². The highest BCUT2D eigenvalue weighted by Gasteiger charge is 2.41. The Labute approximate surface area is 127 Å². The summed E-state index contributed by atoms with van der Waals surface area (Å²) in [5.41, 5.74) is 1.22. The van der Waals surface area contributed by atoms with Crippen molar-refractivity contribution >= 4 is 31.2 Å². The molecule has 112 valence electrons. The monoisotopic (exact) mass is 343 g/mol. The minimum Gasteiger partial charge on any atom is -0.224 e. The molecule has 0 unspecified atom stereocenters. The summed E-state index contributed by atoms with van der Waals surface area (Å²) < 4.78 is 51.4. The van der Waals surface area contributed by atoms with Gasteiger partial charge in [0.1, 0.15) is 5.25 Å². The summed E-state index contributed by atoms with van der Waals surface area (Å²) in [6, 6.07) is 8.10. The summed E-state index contributed by atoms with van der Waals surface area (Å²) in [4.78, 5) is 0.121. The zero-order valence-corrected chi connectivity index (χ0v) is 13.3. The summed E-state index contributed by atoms with van der Waals surface area (Å²) in [6.07, 6.45) is 0. The highest BCUT2D eigenvalue weighted by Crippen LogP contribution is 2.37. The number of sulfonamides is 1. The van der Waals surface area contributed by atoms with Crippen molar-refractivity contribution in [1.82, 2.24) is 4.72 Å². The third kappa shape index (κ3) is 2.76. The normalized spacial score (nSPS) is 20.3. The molecule has 1 aromatic heterocycles. The summed E-state index contributed by atoms with van der Waals surface area (Å²) >= 11 is 1.48. The molecule has 0 saturated heterocycles. The summed E-state index contributed by atoms with van der Waals surface area (Å²) in [5, 5.41) is 2.67. The van der Waals surface area contributed by atoms with Crippen molar-refractivity contribution < 1.29 is 16.8 Å². The number of thiophene rings is 1. The first-order valence-corrected chi connectivity index (χ1v) is 10.4. The molecule has 1 N–H and O–H groups in total. The van der Waals surface area contributed by atoms with E-state index < -0.39 is 30.9 Å². The molecule has 0 bridgehead atoms. The molecular formula is C13H13NO4S3. The van der Waals surface area contributed by atoms with Gasteiger partial charge in [0.2, 0.25) is 10.0 Å². The molecule has 2 aromatic rings. The number of sulfone groups is 1. The SMILES string of the molecule is O=S1(=O)C[C@@H](S(=O)(=O)NCc2ccsc2)c2ccccc21. The van der Waals surface area contributed by atoms with Crippen LogP contribution in [0, 0.1) is 0 Å². The van der Waals surface area contributed by atoms with E-state index in [2.05, 4.69) is 4.72 Å². The Balaban J connectivity index is 1.90. The van der Waals surface area contributed by atoms with Crippen LogP contribution in [0.4, 0.5) is 0 Å². The third-order valence-electron chi connectivity index (χ3n) is 3.40. The predicted molar refractivity (Wildman–Crippen MR) is 81.3 cm³/mol. The maximum atomic E-state index is 12.4. The van der Waals surface area contributed by atoms with Crippen LogP contribution < -0.4 is 4.72 Å². The van der Waals surface area contributed by atoms with E-state index in [1.54, 1.807) is 18.2 Å². The Kier molecular flexibility index (Phi) is 3.64.